The molecule has 0 bridgehead atoms. The van der Waals surface area contributed by atoms with Crippen molar-refractivity contribution >= 4 is 6.29 Å². The van der Waals surface area contributed by atoms with Gasteiger partial charge in [-0.1, -0.05) is 25.5 Å². The molecule has 0 saturated carbocycles. The molecule has 64 valence electrons. The van der Waals surface area contributed by atoms with Crippen LogP contribution in [0.4, 0.5) is 0 Å². The highest BCUT2D eigenvalue weighted by atomic mass is 16.1. The van der Waals surface area contributed by atoms with Gasteiger partial charge in [0.15, 0.2) is 0 Å². The number of aryl methyl sites for hydroxylation is 2. The Morgan fingerprint density at radius 2 is 2.17 bits per heavy atom. The maximum Gasteiger partial charge on any atom is 0.150 e. The molecule has 1 aromatic carbocycles. The minimum absolute atomic E-state index is 0.782. The zero-order valence-electron chi connectivity index (χ0n) is 7.63. The fraction of sp³-hybridized carbons (Fsp3) is 0.364. The minimum atomic E-state index is 0.782. The van der Waals surface area contributed by atoms with Crippen LogP contribution in [0.15, 0.2) is 18.2 Å². The first-order valence-corrected chi connectivity index (χ1v) is 4.32. The maximum atomic E-state index is 10.5. The molecule has 0 aliphatic carbocycles. The molecule has 0 heterocycles. The number of hydrogen-bond acceptors (Lipinski definition) is 1. The average Bonchev–Trinajstić information content (AvgIpc) is 2.09. The zero-order chi connectivity index (χ0) is 8.97. The summed E-state index contributed by atoms with van der Waals surface area (Å²) in [5.74, 6) is 0. The van der Waals surface area contributed by atoms with Gasteiger partial charge in [0.05, 0.1) is 0 Å². The molecule has 0 aliphatic heterocycles. The third-order valence-corrected chi connectivity index (χ3v) is 2.03. The smallest absolute Gasteiger partial charge is 0.150 e. The Hall–Kier alpha value is -1.11. The van der Waals surface area contributed by atoms with Crippen molar-refractivity contribution < 1.29 is 4.79 Å². The Bertz CT molecular complexity index is 276. The Kier molecular flexibility index (Phi) is 3.03. The van der Waals surface area contributed by atoms with Gasteiger partial charge in [0.1, 0.15) is 6.29 Å². The molecule has 0 fully saturated rings. The van der Waals surface area contributed by atoms with Gasteiger partial charge >= 0.3 is 0 Å². The third-order valence-electron chi connectivity index (χ3n) is 2.03. The van der Waals surface area contributed by atoms with Crippen molar-refractivity contribution in [3.63, 3.8) is 0 Å². The Morgan fingerprint density at radius 3 is 2.75 bits per heavy atom. The van der Waals surface area contributed by atoms with Gasteiger partial charge in [-0.2, -0.15) is 0 Å². The van der Waals surface area contributed by atoms with Crippen LogP contribution in [0.5, 0.6) is 0 Å². The molecule has 0 spiro atoms. The number of rotatable bonds is 3. The molecule has 0 aromatic heterocycles. The number of benzene rings is 1. The standard InChI is InChI=1S/C11H14O/c1-3-4-11-7-10(8-12)6-5-9(11)2/h5-8H,3-4H2,1-2H3. The van der Waals surface area contributed by atoms with Crippen molar-refractivity contribution in [3.05, 3.63) is 34.9 Å². The van der Waals surface area contributed by atoms with Gasteiger partial charge in [-0.25, -0.2) is 0 Å². The lowest BCUT2D eigenvalue weighted by atomic mass is 10.0. The molecule has 0 aliphatic rings. The summed E-state index contributed by atoms with van der Waals surface area (Å²) in [7, 11) is 0. The fourth-order valence-corrected chi connectivity index (χ4v) is 1.30. The molecule has 1 heteroatoms. The summed E-state index contributed by atoms with van der Waals surface area (Å²) in [4.78, 5) is 10.5. The van der Waals surface area contributed by atoms with Gasteiger partial charge in [0, 0.05) is 5.56 Å². The van der Waals surface area contributed by atoms with Gasteiger partial charge in [-0.3, -0.25) is 4.79 Å². The molecule has 0 amide bonds. The zero-order valence-corrected chi connectivity index (χ0v) is 7.63. The Balaban J connectivity index is 2.99. The Morgan fingerprint density at radius 1 is 1.42 bits per heavy atom. The second-order valence-corrected chi connectivity index (χ2v) is 3.05. The summed E-state index contributed by atoms with van der Waals surface area (Å²) >= 11 is 0. The van der Waals surface area contributed by atoms with Gasteiger partial charge in [-0.15, -0.1) is 0 Å². The molecule has 0 atom stereocenters. The molecular weight excluding hydrogens is 148 g/mol. The van der Waals surface area contributed by atoms with E-state index in [0.29, 0.717) is 0 Å². The molecule has 0 saturated heterocycles. The van der Waals surface area contributed by atoms with Crippen LogP contribution in [-0.4, -0.2) is 6.29 Å². The summed E-state index contributed by atoms with van der Waals surface area (Å²) < 4.78 is 0. The van der Waals surface area contributed by atoms with Crippen LogP contribution in [0.2, 0.25) is 0 Å². The molecular formula is C11H14O. The molecule has 1 nitrogen and oxygen atoms in total. The molecule has 12 heavy (non-hydrogen) atoms. The van der Waals surface area contributed by atoms with Crippen LogP contribution in [-0.2, 0) is 6.42 Å². The second-order valence-electron chi connectivity index (χ2n) is 3.05. The predicted octanol–water partition coefficient (Wildman–Crippen LogP) is 2.76. The van der Waals surface area contributed by atoms with E-state index in [4.69, 9.17) is 0 Å². The number of hydrogen-bond donors (Lipinski definition) is 0. The lowest BCUT2D eigenvalue weighted by Gasteiger charge is -2.03. The van der Waals surface area contributed by atoms with Crippen LogP contribution >= 0.6 is 0 Å². The first-order chi connectivity index (χ1) is 5.77. The number of aldehydes is 1. The molecule has 0 radical (unpaired) electrons. The van der Waals surface area contributed by atoms with Crippen molar-refractivity contribution in [1.82, 2.24) is 0 Å². The lowest BCUT2D eigenvalue weighted by molar-refractivity contribution is 0.112. The van der Waals surface area contributed by atoms with E-state index in [9.17, 15) is 4.79 Å². The minimum Gasteiger partial charge on any atom is -0.298 e. The highest BCUT2D eigenvalue weighted by Crippen LogP contribution is 2.11. The van der Waals surface area contributed by atoms with Gasteiger partial charge in [0.2, 0.25) is 0 Å². The molecule has 1 rings (SSSR count). The third kappa shape index (κ3) is 1.94. The topological polar surface area (TPSA) is 17.1 Å². The van der Waals surface area contributed by atoms with Gasteiger partial charge in [0.25, 0.3) is 0 Å². The second kappa shape index (κ2) is 4.05. The first kappa shape index (κ1) is 8.98. The van der Waals surface area contributed by atoms with Crippen LogP contribution in [0.1, 0.15) is 34.8 Å². The van der Waals surface area contributed by atoms with Crippen LogP contribution in [0.3, 0.4) is 0 Å². The highest BCUT2D eigenvalue weighted by Gasteiger charge is 1.97. The molecule has 1 aromatic rings. The van der Waals surface area contributed by atoms with Crippen molar-refractivity contribution in [2.45, 2.75) is 26.7 Å². The summed E-state index contributed by atoms with van der Waals surface area (Å²) in [6, 6.07) is 5.85. The van der Waals surface area contributed by atoms with E-state index in [1.807, 2.05) is 18.2 Å². The predicted molar refractivity (Wildman–Crippen MR) is 50.6 cm³/mol. The van der Waals surface area contributed by atoms with E-state index >= 15 is 0 Å². The first-order valence-electron chi connectivity index (χ1n) is 4.32. The SMILES string of the molecule is CCCc1cc(C=O)ccc1C. The van der Waals surface area contributed by atoms with Crippen molar-refractivity contribution in [2.75, 3.05) is 0 Å². The maximum absolute atomic E-state index is 10.5. The monoisotopic (exact) mass is 162 g/mol. The summed E-state index contributed by atoms with van der Waals surface area (Å²) in [5, 5.41) is 0. The quantitative estimate of drug-likeness (QED) is 0.624. The Labute approximate surface area is 73.4 Å². The van der Waals surface area contributed by atoms with E-state index in [1.165, 1.54) is 11.1 Å². The van der Waals surface area contributed by atoms with Crippen molar-refractivity contribution in [1.29, 1.82) is 0 Å². The van der Waals surface area contributed by atoms with Gasteiger partial charge in [-0.05, 0) is 30.5 Å². The molecule has 0 N–H and O–H groups in total. The van der Waals surface area contributed by atoms with E-state index in [2.05, 4.69) is 13.8 Å². The number of carbonyl (C=O) groups excluding carboxylic acids is 1. The van der Waals surface area contributed by atoms with Crippen molar-refractivity contribution in [3.8, 4) is 0 Å². The normalized spacial score (nSPS) is 9.83. The van der Waals surface area contributed by atoms with Crippen molar-refractivity contribution in [2.24, 2.45) is 0 Å². The van der Waals surface area contributed by atoms with Crippen LogP contribution in [0, 0.1) is 6.92 Å². The fourth-order valence-electron chi connectivity index (χ4n) is 1.30. The van der Waals surface area contributed by atoms with E-state index in [0.717, 1.165) is 24.7 Å². The number of carbonyl (C=O) groups is 1. The van der Waals surface area contributed by atoms with E-state index < -0.39 is 0 Å². The highest BCUT2D eigenvalue weighted by molar-refractivity contribution is 5.75. The van der Waals surface area contributed by atoms with Crippen LogP contribution in [0.25, 0.3) is 0 Å². The van der Waals surface area contributed by atoms with Gasteiger partial charge < -0.3 is 0 Å². The largest absolute Gasteiger partial charge is 0.298 e. The summed E-state index contributed by atoms with van der Waals surface area (Å²) in [6.07, 6.45) is 3.09. The summed E-state index contributed by atoms with van der Waals surface area (Å²) in [5.41, 5.74) is 3.36. The van der Waals surface area contributed by atoms with Crippen LogP contribution < -0.4 is 0 Å². The molecule has 0 unspecified atom stereocenters. The van der Waals surface area contributed by atoms with E-state index in [1.54, 1.807) is 0 Å². The van der Waals surface area contributed by atoms with E-state index in [-0.39, 0.29) is 0 Å². The average molecular weight is 162 g/mol. The summed E-state index contributed by atoms with van der Waals surface area (Å²) in [6.45, 7) is 4.23. The lowest BCUT2D eigenvalue weighted by Crippen LogP contribution is -1.90.